The van der Waals surface area contributed by atoms with E-state index in [0.717, 1.165) is 28.3 Å². The number of aromatic carboxylic acids is 1. The molecule has 0 aliphatic carbocycles. The Kier molecular flexibility index (Phi) is 5.67. The Bertz CT molecular complexity index is 1090. The van der Waals surface area contributed by atoms with E-state index < -0.39 is 5.97 Å². The van der Waals surface area contributed by atoms with Crippen molar-refractivity contribution in [2.75, 3.05) is 0 Å². The summed E-state index contributed by atoms with van der Waals surface area (Å²) in [5, 5.41) is 9.39. The van der Waals surface area contributed by atoms with E-state index in [1.54, 1.807) is 12.1 Å². The topological polar surface area (TPSA) is 54.6 Å². The highest BCUT2D eigenvalue weighted by atomic mass is 35.5. The highest BCUT2D eigenvalue weighted by Crippen LogP contribution is 2.26. The van der Waals surface area contributed by atoms with Crippen molar-refractivity contribution in [3.05, 3.63) is 81.6 Å². The number of hydrogen-bond acceptors (Lipinski definition) is 2. The second kappa shape index (κ2) is 7.88. The summed E-state index contributed by atoms with van der Waals surface area (Å²) in [6.45, 7) is 10.6. The highest BCUT2D eigenvalue weighted by Gasteiger charge is 2.14. The van der Waals surface area contributed by atoms with Crippen LogP contribution >= 0.6 is 11.6 Å². The minimum Gasteiger partial charge on any atom is -0.478 e. The molecule has 150 valence electrons. The maximum absolute atomic E-state index is 11.2. The van der Waals surface area contributed by atoms with Crippen LogP contribution in [0.15, 0.2) is 53.5 Å². The van der Waals surface area contributed by atoms with Gasteiger partial charge in [-0.1, -0.05) is 44.5 Å². The van der Waals surface area contributed by atoms with Crippen molar-refractivity contribution in [3.63, 3.8) is 0 Å². The van der Waals surface area contributed by atoms with Crippen molar-refractivity contribution in [3.8, 4) is 5.69 Å². The number of carbonyl (C=O) groups is 1. The van der Waals surface area contributed by atoms with Gasteiger partial charge in [-0.3, -0.25) is 4.99 Å². The summed E-state index contributed by atoms with van der Waals surface area (Å²) < 4.78 is 2.04. The third-order valence-electron chi connectivity index (χ3n) is 5.00. The Balaban J connectivity index is 1.91. The van der Waals surface area contributed by atoms with E-state index in [1.807, 2.05) is 36.8 Å². The van der Waals surface area contributed by atoms with Crippen LogP contribution in [0, 0.1) is 13.8 Å². The zero-order valence-electron chi connectivity index (χ0n) is 17.3. The lowest BCUT2D eigenvalue weighted by Gasteiger charge is -2.18. The Morgan fingerprint density at radius 1 is 1.07 bits per heavy atom. The molecule has 29 heavy (non-hydrogen) atoms. The molecular weight excluding hydrogens is 384 g/mol. The Morgan fingerprint density at radius 3 is 2.28 bits per heavy atom. The molecule has 0 saturated carbocycles. The Hall–Kier alpha value is -2.85. The molecule has 3 aromatic rings. The fourth-order valence-corrected chi connectivity index (χ4v) is 3.58. The molecular formula is C24H25ClN2O2. The van der Waals surface area contributed by atoms with E-state index in [0.29, 0.717) is 0 Å². The summed E-state index contributed by atoms with van der Waals surface area (Å²) in [4.78, 5) is 15.8. The van der Waals surface area contributed by atoms with Crippen LogP contribution in [0.4, 0.5) is 5.69 Å². The molecule has 3 rings (SSSR count). The third kappa shape index (κ3) is 4.43. The molecule has 1 N–H and O–H groups in total. The number of carboxylic acid groups (broad SMARTS) is 1. The highest BCUT2D eigenvalue weighted by molar-refractivity contribution is 6.33. The molecule has 0 spiro atoms. The van der Waals surface area contributed by atoms with Crippen LogP contribution in [-0.4, -0.2) is 21.9 Å². The lowest BCUT2D eigenvalue weighted by molar-refractivity contribution is 0.0697. The first-order valence-corrected chi connectivity index (χ1v) is 9.82. The number of aliphatic imine (C=N–C) groups is 1. The van der Waals surface area contributed by atoms with Crippen molar-refractivity contribution >= 4 is 29.5 Å². The van der Waals surface area contributed by atoms with Gasteiger partial charge in [-0.25, -0.2) is 4.79 Å². The Morgan fingerprint density at radius 2 is 1.72 bits per heavy atom. The second-order valence-corrected chi connectivity index (χ2v) is 8.59. The van der Waals surface area contributed by atoms with E-state index in [1.165, 1.54) is 11.6 Å². The predicted octanol–water partition coefficient (Wildman–Crippen LogP) is 6.49. The maximum atomic E-state index is 11.2. The SMILES string of the molecule is Cc1cc(C=Nc2ccc(C(C)(C)C)cc2)c(C)n1-c1ccc(C(=O)O)c(Cl)c1. The molecule has 0 unspecified atom stereocenters. The predicted molar refractivity (Wildman–Crippen MR) is 120 cm³/mol. The molecule has 4 nitrogen and oxygen atoms in total. The van der Waals surface area contributed by atoms with E-state index >= 15 is 0 Å². The molecule has 1 aromatic heterocycles. The lowest BCUT2D eigenvalue weighted by atomic mass is 9.87. The molecule has 2 aromatic carbocycles. The maximum Gasteiger partial charge on any atom is 0.337 e. The van der Waals surface area contributed by atoms with Gasteiger partial charge < -0.3 is 9.67 Å². The fourth-order valence-electron chi connectivity index (χ4n) is 3.32. The number of carboxylic acids is 1. The first-order chi connectivity index (χ1) is 13.6. The van der Waals surface area contributed by atoms with Crippen LogP contribution in [-0.2, 0) is 5.41 Å². The van der Waals surface area contributed by atoms with Gasteiger partial charge >= 0.3 is 5.97 Å². The molecule has 0 fully saturated rings. The number of aromatic nitrogens is 1. The third-order valence-corrected chi connectivity index (χ3v) is 5.31. The van der Waals surface area contributed by atoms with Crippen molar-refractivity contribution < 1.29 is 9.90 Å². The molecule has 5 heteroatoms. The summed E-state index contributed by atoms with van der Waals surface area (Å²) in [7, 11) is 0. The van der Waals surface area contributed by atoms with Gasteiger partial charge in [0.1, 0.15) is 0 Å². The van der Waals surface area contributed by atoms with Crippen molar-refractivity contribution in [1.82, 2.24) is 4.57 Å². The summed E-state index contributed by atoms with van der Waals surface area (Å²) in [6, 6.07) is 15.3. The summed E-state index contributed by atoms with van der Waals surface area (Å²) in [6.07, 6.45) is 1.86. The van der Waals surface area contributed by atoms with Gasteiger partial charge in [0.15, 0.2) is 0 Å². The summed E-state index contributed by atoms with van der Waals surface area (Å²) in [5.74, 6) is -1.03. The zero-order valence-corrected chi connectivity index (χ0v) is 18.1. The number of rotatable bonds is 4. The number of benzene rings is 2. The average Bonchev–Trinajstić information content (AvgIpc) is 2.92. The molecule has 0 bridgehead atoms. The standard InChI is InChI=1S/C24H25ClN2O2/c1-15-12-17(14-26-19-8-6-18(7-9-19)24(3,4)5)16(2)27(15)20-10-11-21(23(28)29)22(25)13-20/h6-14H,1-5H3,(H,28,29). The number of aryl methyl sites for hydroxylation is 1. The molecule has 1 heterocycles. The number of hydrogen-bond donors (Lipinski definition) is 1. The van der Waals surface area contributed by atoms with E-state index in [-0.39, 0.29) is 16.0 Å². The first-order valence-electron chi connectivity index (χ1n) is 9.44. The van der Waals surface area contributed by atoms with Crippen molar-refractivity contribution in [2.24, 2.45) is 4.99 Å². The van der Waals surface area contributed by atoms with Crippen LogP contribution in [0.25, 0.3) is 5.69 Å². The molecule has 0 amide bonds. The van der Waals surface area contributed by atoms with Gasteiger partial charge in [-0.05, 0) is 61.2 Å². The molecule has 0 aliphatic heterocycles. The second-order valence-electron chi connectivity index (χ2n) is 8.19. The lowest BCUT2D eigenvalue weighted by Crippen LogP contribution is -2.10. The van der Waals surface area contributed by atoms with Crippen LogP contribution in [0.5, 0.6) is 0 Å². The molecule has 0 aliphatic rings. The van der Waals surface area contributed by atoms with Gasteiger partial charge in [0.2, 0.25) is 0 Å². The van der Waals surface area contributed by atoms with Crippen molar-refractivity contribution in [2.45, 2.75) is 40.0 Å². The van der Waals surface area contributed by atoms with Crippen LogP contribution in [0.2, 0.25) is 5.02 Å². The van der Waals surface area contributed by atoms with Gasteiger partial charge in [0.25, 0.3) is 0 Å². The average molecular weight is 409 g/mol. The van der Waals surface area contributed by atoms with E-state index in [9.17, 15) is 9.90 Å². The van der Waals surface area contributed by atoms with E-state index in [2.05, 4.69) is 44.0 Å². The minimum atomic E-state index is -1.03. The molecule has 0 atom stereocenters. The minimum absolute atomic E-state index is 0.0957. The van der Waals surface area contributed by atoms with Crippen LogP contribution in [0.3, 0.4) is 0 Å². The van der Waals surface area contributed by atoms with Crippen molar-refractivity contribution in [1.29, 1.82) is 0 Å². The quantitative estimate of drug-likeness (QED) is 0.501. The van der Waals surface area contributed by atoms with Gasteiger partial charge in [0, 0.05) is 28.9 Å². The van der Waals surface area contributed by atoms with Gasteiger partial charge in [-0.15, -0.1) is 0 Å². The fraction of sp³-hybridized carbons (Fsp3) is 0.250. The largest absolute Gasteiger partial charge is 0.478 e. The smallest absolute Gasteiger partial charge is 0.337 e. The monoisotopic (exact) mass is 408 g/mol. The first kappa shape index (κ1) is 20.9. The van der Waals surface area contributed by atoms with Gasteiger partial charge in [-0.2, -0.15) is 0 Å². The van der Waals surface area contributed by atoms with Gasteiger partial charge in [0.05, 0.1) is 16.3 Å². The Labute approximate surface area is 176 Å². The number of nitrogens with zero attached hydrogens (tertiary/aromatic N) is 2. The molecule has 0 saturated heterocycles. The van der Waals surface area contributed by atoms with E-state index in [4.69, 9.17) is 11.6 Å². The van der Waals surface area contributed by atoms with Crippen LogP contribution < -0.4 is 0 Å². The summed E-state index contributed by atoms with van der Waals surface area (Å²) >= 11 is 6.15. The zero-order chi connectivity index (χ0) is 21.3. The normalized spacial score (nSPS) is 11.9. The number of halogens is 1. The van der Waals surface area contributed by atoms with Crippen LogP contribution in [0.1, 0.15) is 53.6 Å². The summed E-state index contributed by atoms with van der Waals surface area (Å²) in [5.41, 5.74) is 6.24. The molecule has 0 radical (unpaired) electrons.